The van der Waals surface area contributed by atoms with Gasteiger partial charge in [-0.1, -0.05) is 12.1 Å². The van der Waals surface area contributed by atoms with Gasteiger partial charge >= 0.3 is 30.5 Å². The Labute approximate surface area is 252 Å². The van der Waals surface area contributed by atoms with Gasteiger partial charge in [-0.25, -0.2) is 4.79 Å². The van der Waals surface area contributed by atoms with E-state index in [9.17, 15) is 72.6 Å². The lowest BCUT2D eigenvalue weighted by Crippen LogP contribution is -2.62. The molecule has 0 spiro atoms. The van der Waals surface area contributed by atoms with E-state index in [0.29, 0.717) is 16.7 Å². The number of anilines is 2. The molecule has 10 nitrogen and oxygen atoms in total. The first-order valence-electron chi connectivity index (χ1n) is 13.1. The van der Waals surface area contributed by atoms with Gasteiger partial charge < -0.3 is 25.4 Å². The van der Waals surface area contributed by atoms with E-state index in [1.165, 1.54) is 24.3 Å². The molecule has 0 saturated carbocycles. The highest BCUT2D eigenvalue weighted by Gasteiger charge is 2.58. The maximum Gasteiger partial charge on any atom is 0.455 e. The summed E-state index contributed by atoms with van der Waals surface area (Å²) in [6, 6.07) is 2.95. The zero-order valence-electron chi connectivity index (χ0n) is 23.6. The summed E-state index contributed by atoms with van der Waals surface area (Å²) in [4.78, 5) is 52.9. The molecule has 1 aromatic rings. The third kappa shape index (κ3) is 10.3. The predicted octanol–water partition coefficient (Wildman–Crippen LogP) is 4.21. The fraction of sp³-hybridized carbons (Fsp3) is 0.600. The Morgan fingerprint density at radius 2 is 1.43 bits per heavy atom. The fourth-order valence-electron chi connectivity index (χ4n) is 3.91. The first kappa shape index (κ1) is 38.3. The number of halogens is 11. The van der Waals surface area contributed by atoms with Crippen LogP contribution in [0, 0.1) is 0 Å². The minimum absolute atomic E-state index is 0.209. The highest BCUT2D eigenvalue weighted by atomic mass is 19.4. The second-order valence-corrected chi connectivity index (χ2v) is 10.1. The summed E-state index contributed by atoms with van der Waals surface area (Å²) in [5.74, 6) is -10.6. The van der Waals surface area contributed by atoms with Gasteiger partial charge in [-0.2, -0.15) is 48.3 Å². The van der Waals surface area contributed by atoms with Crippen LogP contribution < -0.4 is 20.4 Å². The number of para-hydroxylation sites is 2. The Morgan fingerprint density at radius 3 is 1.98 bits per heavy atom. The van der Waals surface area contributed by atoms with E-state index < -0.39 is 112 Å². The summed E-state index contributed by atoms with van der Waals surface area (Å²) in [6.45, 7) is -4.43. The SMILES string of the molecule is C[C@](O)(C(=O)NCC(F)(F)C(F)(F)F)C(=O)N[C@@H]1CN(C(=O)OCCCC(F)(F)F)c2ccccc2N(CCCC(F)(F)F)C1=O. The zero-order valence-corrected chi connectivity index (χ0v) is 23.6. The Morgan fingerprint density at radius 1 is 0.891 bits per heavy atom. The lowest BCUT2D eigenvalue weighted by Gasteiger charge is -2.29. The second kappa shape index (κ2) is 14.2. The van der Waals surface area contributed by atoms with Crippen molar-refractivity contribution in [1.29, 1.82) is 0 Å². The number of amides is 4. The van der Waals surface area contributed by atoms with Gasteiger partial charge in [-0.3, -0.25) is 19.3 Å². The van der Waals surface area contributed by atoms with Crippen LogP contribution in [0.15, 0.2) is 24.3 Å². The standard InChI is InChI=1S/C25H27F11N4O6/c1-21(45,18(42)37-13-22(26,27)25(34,35)36)19(43)38-14-12-40(20(44)46-11-5-9-24(31,32)33)16-7-3-2-6-15(16)39(17(14)41)10-4-8-23(28,29)30/h2-3,6-7,14,45H,4-5,8-13H2,1H3,(H,37,42)(H,38,43)/t14-,21+/m1/s1. The average molecular weight is 688 g/mol. The molecule has 0 aliphatic carbocycles. The molecule has 0 aromatic heterocycles. The van der Waals surface area contributed by atoms with Crippen LogP contribution in [0.1, 0.15) is 32.6 Å². The Kier molecular flexibility index (Phi) is 11.9. The lowest BCUT2D eigenvalue weighted by molar-refractivity contribution is -0.278. The molecule has 0 bridgehead atoms. The maximum absolute atomic E-state index is 13.5. The monoisotopic (exact) mass is 688 g/mol. The number of rotatable bonds is 11. The van der Waals surface area contributed by atoms with Crippen LogP contribution in [0.3, 0.4) is 0 Å². The van der Waals surface area contributed by atoms with Crippen molar-refractivity contribution in [2.45, 2.75) is 68.7 Å². The van der Waals surface area contributed by atoms with Gasteiger partial charge in [-0.15, -0.1) is 0 Å². The Balaban J connectivity index is 2.39. The molecule has 2 rings (SSSR count). The van der Waals surface area contributed by atoms with Gasteiger partial charge in [0.2, 0.25) is 5.60 Å². The van der Waals surface area contributed by atoms with E-state index >= 15 is 0 Å². The summed E-state index contributed by atoms with van der Waals surface area (Å²) in [7, 11) is 0. The van der Waals surface area contributed by atoms with Crippen molar-refractivity contribution in [3.63, 3.8) is 0 Å². The van der Waals surface area contributed by atoms with Crippen LogP contribution in [0.2, 0.25) is 0 Å². The number of ether oxygens (including phenoxy) is 1. The number of carbonyl (C=O) groups excluding carboxylic acids is 4. The molecule has 260 valence electrons. The van der Waals surface area contributed by atoms with E-state index in [0.717, 1.165) is 5.32 Å². The van der Waals surface area contributed by atoms with Crippen molar-refractivity contribution in [2.75, 3.05) is 36.0 Å². The van der Waals surface area contributed by atoms with Crippen molar-refractivity contribution in [3.05, 3.63) is 24.3 Å². The summed E-state index contributed by atoms with van der Waals surface area (Å²) in [5.41, 5.74) is -3.85. The molecule has 0 radical (unpaired) electrons. The smallest absolute Gasteiger partial charge is 0.449 e. The van der Waals surface area contributed by atoms with E-state index in [1.807, 2.05) is 5.32 Å². The molecule has 4 amide bonds. The zero-order chi connectivity index (χ0) is 35.3. The quantitative estimate of drug-likeness (QED) is 0.182. The van der Waals surface area contributed by atoms with Crippen LogP contribution in [-0.2, 0) is 19.1 Å². The largest absolute Gasteiger partial charge is 0.455 e. The summed E-state index contributed by atoms with van der Waals surface area (Å²) in [5, 5.41) is 13.3. The normalized spacial score (nSPS) is 17.5. The van der Waals surface area contributed by atoms with Gasteiger partial charge in [0, 0.05) is 19.4 Å². The molecule has 0 unspecified atom stereocenters. The first-order valence-corrected chi connectivity index (χ1v) is 13.1. The molecule has 46 heavy (non-hydrogen) atoms. The molecule has 1 aliphatic heterocycles. The van der Waals surface area contributed by atoms with Crippen molar-refractivity contribution in [1.82, 2.24) is 10.6 Å². The predicted molar refractivity (Wildman–Crippen MR) is 135 cm³/mol. The van der Waals surface area contributed by atoms with Crippen molar-refractivity contribution >= 4 is 35.2 Å². The van der Waals surface area contributed by atoms with Gasteiger partial charge in [0.15, 0.2) is 0 Å². The lowest BCUT2D eigenvalue weighted by atomic mass is 10.0. The number of benzene rings is 1. The van der Waals surface area contributed by atoms with E-state index in [2.05, 4.69) is 0 Å². The number of nitrogens with one attached hydrogen (secondary N) is 2. The van der Waals surface area contributed by atoms with Crippen LogP contribution in [0.25, 0.3) is 0 Å². The van der Waals surface area contributed by atoms with E-state index in [1.54, 1.807) is 0 Å². The first-order chi connectivity index (χ1) is 20.9. The minimum atomic E-state index is -6.11. The van der Waals surface area contributed by atoms with Crippen LogP contribution in [0.4, 0.5) is 64.5 Å². The van der Waals surface area contributed by atoms with Crippen LogP contribution >= 0.6 is 0 Å². The third-order valence-electron chi connectivity index (χ3n) is 6.36. The Bertz CT molecular complexity index is 1270. The molecule has 0 fully saturated rings. The molecule has 1 aliphatic rings. The van der Waals surface area contributed by atoms with Gasteiger partial charge in [-0.05, 0) is 31.9 Å². The summed E-state index contributed by atoms with van der Waals surface area (Å²) >= 11 is 0. The summed E-state index contributed by atoms with van der Waals surface area (Å²) in [6.07, 6.45) is -20.9. The Hall–Kier alpha value is -3.91. The number of hydrogen-bond donors (Lipinski definition) is 3. The molecule has 21 heteroatoms. The molecular weight excluding hydrogens is 661 g/mol. The van der Waals surface area contributed by atoms with Crippen molar-refractivity contribution in [3.8, 4) is 0 Å². The van der Waals surface area contributed by atoms with Crippen LogP contribution in [-0.4, -0.2) is 91.3 Å². The number of fused-ring (bicyclic) bond motifs is 1. The van der Waals surface area contributed by atoms with Gasteiger partial charge in [0.25, 0.3) is 17.7 Å². The molecular formula is C25H27F11N4O6. The number of alkyl halides is 11. The average Bonchev–Trinajstić information content (AvgIpc) is 3.02. The van der Waals surface area contributed by atoms with Crippen molar-refractivity contribution in [2.24, 2.45) is 0 Å². The molecule has 3 N–H and O–H groups in total. The summed E-state index contributed by atoms with van der Waals surface area (Å²) < 4.78 is 145. The minimum Gasteiger partial charge on any atom is -0.449 e. The van der Waals surface area contributed by atoms with Crippen LogP contribution in [0.5, 0.6) is 0 Å². The van der Waals surface area contributed by atoms with Crippen molar-refractivity contribution < 1.29 is 77.3 Å². The highest BCUT2D eigenvalue weighted by Crippen LogP contribution is 2.36. The molecule has 1 heterocycles. The number of aliphatic hydroxyl groups is 1. The van der Waals surface area contributed by atoms with E-state index in [4.69, 9.17) is 4.74 Å². The fourth-order valence-corrected chi connectivity index (χ4v) is 3.91. The highest BCUT2D eigenvalue weighted by molar-refractivity contribution is 6.11. The number of nitrogens with zero attached hydrogens (tertiary/aromatic N) is 2. The van der Waals surface area contributed by atoms with Gasteiger partial charge in [0.05, 0.1) is 31.1 Å². The molecule has 0 saturated heterocycles. The van der Waals surface area contributed by atoms with Gasteiger partial charge in [0.1, 0.15) is 6.04 Å². The third-order valence-corrected chi connectivity index (χ3v) is 6.36. The van der Waals surface area contributed by atoms with E-state index in [-0.39, 0.29) is 11.4 Å². The number of carbonyl (C=O) groups is 4. The topological polar surface area (TPSA) is 128 Å². The maximum atomic E-state index is 13.5. The molecule has 1 aromatic carbocycles. The molecule has 2 atom stereocenters. The second-order valence-electron chi connectivity index (χ2n) is 10.1. The number of hydrogen-bond acceptors (Lipinski definition) is 6.